The minimum atomic E-state index is -0.808. The molecule has 1 aromatic carbocycles. The molecule has 1 N–H and O–H groups in total. The normalized spacial score (nSPS) is 16.2. The minimum absolute atomic E-state index is 0.132. The Bertz CT molecular complexity index is 589. The van der Waals surface area contributed by atoms with Gasteiger partial charge in [-0.1, -0.05) is 38.5 Å². The zero-order valence-electron chi connectivity index (χ0n) is 12.8. The Balaban J connectivity index is 2.37. The monoisotopic (exact) mass is 300 g/mol. The molecule has 0 aromatic heterocycles. The Kier molecular flexibility index (Phi) is 4.75. The molecule has 0 saturated heterocycles. The second-order valence-electron chi connectivity index (χ2n) is 5.39. The number of hydrogen-bond acceptors (Lipinski definition) is 3. The van der Waals surface area contributed by atoms with Crippen LogP contribution in [0, 0.1) is 5.92 Å². The molecule has 1 aliphatic rings. The van der Waals surface area contributed by atoms with Gasteiger partial charge in [-0.15, -0.1) is 6.58 Å². The van der Waals surface area contributed by atoms with Crippen LogP contribution in [0.5, 0.6) is 0 Å². The van der Waals surface area contributed by atoms with Crippen LogP contribution < -0.4 is 5.32 Å². The first-order valence-corrected chi connectivity index (χ1v) is 7.38. The van der Waals surface area contributed by atoms with Crippen LogP contribution in [0.3, 0.4) is 0 Å². The van der Waals surface area contributed by atoms with Gasteiger partial charge in [-0.25, -0.2) is 0 Å². The Hall–Kier alpha value is -2.43. The summed E-state index contributed by atoms with van der Waals surface area (Å²) in [4.78, 5) is 38.6. The van der Waals surface area contributed by atoms with E-state index in [-0.39, 0.29) is 11.8 Å². The van der Waals surface area contributed by atoms with E-state index in [1.807, 2.05) is 13.8 Å². The first-order chi connectivity index (χ1) is 10.5. The molecule has 0 radical (unpaired) electrons. The fourth-order valence-corrected chi connectivity index (χ4v) is 2.59. The van der Waals surface area contributed by atoms with Crippen molar-refractivity contribution in [2.75, 3.05) is 6.54 Å². The van der Waals surface area contributed by atoms with E-state index in [2.05, 4.69) is 11.9 Å². The van der Waals surface area contributed by atoms with Crippen LogP contribution in [0.2, 0.25) is 0 Å². The van der Waals surface area contributed by atoms with Crippen LogP contribution in [0.25, 0.3) is 0 Å². The summed E-state index contributed by atoms with van der Waals surface area (Å²) >= 11 is 0. The first-order valence-electron chi connectivity index (χ1n) is 7.38. The van der Waals surface area contributed by atoms with E-state index >= 15 is 0 Å². The van der Waals surface area contributed by atoms with E-state index in [0.717, 1.165) is 4.90 Å². The van der Waals surface area contributed by atoms with Crippen molar-refractivity contribution in [3.8, 4) is 0 Å². The third-order valence-electron chi connectivity index (χ3n) is 3.98. The highest BCUT2D eigenvalue weighted by Crippen LogP contribution is 2.28. The molecular formula is C17H20N2O3. The average molecular weight is 300 g/mol. The highest BCUT2D eigenvalue weighted by Gasteiger charge is 2.44. The Labute approximate surface area is 130 Å². The van der Waals surface area contributed by atoms with Crippen molar-refractivity contribution in [1.29, 1.82) is 0 Å². The van der Waals surface area contributed by atoms with Crippen molar-refractivity contribution in [3.05, 3.63) is 48.0 Å². The molecule has 0 spiro atoms. The quantitative estimate of drug-likeness (QED) is 0.645. The molecule has 3 amide bonds. The molecule has 0 saturated carbocycles. The van der Waals surface area contributed by atoms with Gasteiger partial charge in [0.25, 0.3) is 11.8 Å². The van der Waals surface area contributed by atoms with Crippen molar-refractivity contribution in [2.45, 2.75) is 26.3 Å². The molecule has 0 bridgehead atoms. The zero-order valence-corrected chi connectivity index (χ0v) is 12.8. The smallest absolute Gasteiger partial charge is 0.262 e. The summed E-state index contributed by atoms with van der Waals surface area (Å²) in [5, 5.41) is 2.69. The molecule has 1 heterocycles. The molecule has 1 aliphatic heterocycles. The minimum Gasteiger partial charge on any atom is -0.351 e. The molecule has 5 nitrogen and oxygen atoms in total. The summed E-state index contributed by atoms with van der Waals surface area (Å²) in [6, 6.07) is 5.85. The standard InChI is InChI=1S/C17H20N2O3/c1-4-10-18-15(20)14(11(3)5-2)19-16(21)12-8-6-7-9-13(12)17(19)22/h4,6-9,11,14H,1,5,10H2,2-3H3,(H,18,20). The number of fused-ring (bicyclic) bond motifs is 1. The van der Waals surface area contributed by atoms with Crippen LogP contribution >= 0.6 is 0 Å². The van der Waals surface area contributed by atoms with E-state index in [1.54, 1.807) is 30.3 Å². The molecule has 2 unspecified atom stereocenters. The van der Waals surface area contributed by atoms with Gasteiger partial charge in [-0.3, -0.25) is 19.3 Å². The number of carbonyl (C=O) groups is 3. The number of amides is 3. The highest BCUT2D eigenvalue weighted by atomic mass is 16.2. The van der Waals surface area contributed by atoms with Gasteiger partial charge in [-0.2, -0.15) is 0 Å². The molecule has 0 aliphatic carbocycles. The van der Waals surface area contributed by atoms with Crippen LogP contribution in [-0.4, -0.2) is 35.2 Å². The highest BCUT2D eigenvalue weighted by molar-refractivity contribution is 6.22. The van der Waals surface area contributed by atoms with Crippen LogP contribution in [0.1, 0.15) is 41.0 Å². The second kappa shape index (κ2) is 6.56. The van der Waals surface area contributed by atoms with Crippen molar-refractivity contribution >= 4 is 17.7 Å². The number of imide groups is 1. The van der Waals surface area contributed by atoms with Crippen molar-refractivity contribution in [2.24, 2.45) is 5.92 Å². The summed E-state index contributed by atoms with van der Waals surface area (Å²) in [6.07, 6.45) is 2.24. The fraction of sp³-hybridized carbons (Fsp3) is 0.353. The number of benzene rings is 1. The van der Waals surface area contributed by atoms with Gasteiger partial charge in [-0.05, 0) is 18.1 Å². The van der Waals surface area contributed by atoms with Crippen LogP contribution in [-0.2, 0) is 4.79 Å². The van der Waals surface area contributed by atoms with E-state index in [9.17, 15) is 14.4 Å². The molecule has 5 heteroatoms. The Morgan fingerprint density at radius 1 is 1.27 bits per heavy atom. The number of nitrogens with zero attached hydrogens (tertiary/aromatic N) is 1. The molecule has 116 valence electrons. The maximum Gasteiger partial charge on any atom is 0.262 e. The average Bonchev–Trinajstić information content (AvgIpc) is 2.78. The van der Waals surface area contributed by atoms with Gasteiger partial charge in [0.1, 0.15) is 6.04 Å². The van der Waals surface area contributed by atoms with Gasteiger partial charge in [0, 0.05) is 6.54 Å². The lowest BCUT2D eigenvalue weighted by Crippen LogP contribution is -2.52. The summed E-state index contributed by atoms with van der Waals surface area (Å²) in [5.41, 5.74) is 0.717. The Morgan fingerprint density at radius 2 is 1.82 bits per heavy atom. The predicted octanol–water partition coefficient (Wildman–Crippen LogP) is 2.00. The fourth-order valence-electron chi connectivity index (χ4n) is 2.59. The predicted molar refractivity (Wildman–Crippen MR) is 83.4 cm³/mol. The summed E-state index contributed by atoms with van der Waals surface area (Å²) in [6.45, 7) is 7.65. The van der Waals surface area contributed by atoms with Gasteiger partial charge < -0.3 is 5.32 Å². The summed E-state index contributed by atoms with van der Waals surface area (Å²) in [5.74, 6) is -1.27. The molecule has 1 aromatic rings. The molecule has 2 rings (SSSR count). The Morgan fingerprint density at radius 3 is 2.27 bits per heavy atom. The molecule has 22 heavy (non-hydrogen) atoms. The largest absolute Gasteiger partial charge is 0.351 e. The van der Waals surface area contributed by atoms with Gasteiger partial charge in [0.05, 0.1) is 11.1 Å². The van der Waals surface area contributed by atoms with E-state index in [1.165, 1.54) is 0 Å². The van der Waals surface area contributed by atoms with E-state index < -0.39 is 17.9 Å². The number of rotatable bonds is 6. The third-order valence-corrected chi connectivity index (χ3v) is 3.98. The lowest BCUT2D eigenvalue weighted by atomic mass is 9.96. The summed E-state index contributed by atoms with van der Waals surface area (Å²) < 4.78 is 0. The zero-order chi connectivity index (χ0) is 16.3. The SMILES string of the molecule is C=CCNC(=O)C(C(C)CC)N1C(=O)c2ccccc2C1=O. The maximum atomic E-state index is 12.6. The molecule has 0 fully saturated rings. The second-order valence-corrected chi connectivity index (χ2v) is 5.39. The van der Waals surface area contributed by atoms with Gasteiger partial charge in [0.2, 0.25) is 5.91 Å². The topological polar surface area (TPSA) is 66.5 Å². The van der Waals surface area contributed by atoms with Gasteiger partial charge in [0.15, 0.2) is 0 Å². The van der Waals surface area contributed by atoms with E-state index in [0.29, 0.717) is 24.1 Å². The van der Waals surface area contributed by atoms with Crippen LogP contribution in [0.4, 0.5) is 0 Å². The number of nitrogens with one attached hydrogen (secondary N) is 1. The third kappa shape index (κ3) is 2.66. The lowest BCUT2D eigenvalue weighted by Gasteiger charge is -2.29. The summed E-state index contributed by atoms with van der Waals surface area (Å²) in [7, 11) is 0. The maximum absolute atomic E-state index is 12.6. The lowest BCUT2D eigenvalue weighted by molar-refractivity contribution is -0.126. The van der Waals surface area contributed by atoms with E-state index in [4.69, 9.17) is 0 Å². The molecular weight excluding hydrogens is 280 g/mol. The number of hydrogen-bond donors (Lipinski definition) is 1. The number of carbonyl (C=O) groups excluding carboxylic acids is 3. The van der Waals surface area contributed by atoms with Crippen molar-refractivity contribution in [1.82, 2.24) is 10.2 Å². The van der Waals surface area contributed by atoms with Crippen molar-refractivity contribution in [3.63, 3.8) is 0 Å². The van der Waals surface area contributed by atoms with Crippen molar-refractivity contribution < 1.29 is 14.4 Å². The van der Waals surface area contributed by atoms with Crippen LogP contribution in [0.15, 0.2) is 36.9 Å². The van der Waals surface area contributed by atoms with Gasteiger partial charge >= 0.3 is 0 Å². The molecule has 2 atom stereocenters. The first kappa shape index (κ1) is 15.9.